The number of urea groups is 1. The van der Waals surface area contributed by atoms with Crippen LogP contribution in [0.25, 0.3) is 0 Å². The van der Waals surface area contributed by atoms with Crippen molar-refractivity contribution in [1.82, 2.24) is 10.2 Å². The van der Waals surface area contributed by atoms with Crippen LogP contribution in [0.15, 0.2) is 42.5 Å². The minimum atomic E-state index is -0.142. The molecule has 0 radical (unpaired) electrons. The number of amides is 2. The Morgan fingerprint density at radius 2 is 1.85 bits per heavy atom. The van der Waals surface area contributed by atoms with Crippen LogP contribution in [0.1, 0.15) is 36.1 Å². The molecule has 138 valence electrons. The van der Waals surface area contributed by atoms with Gasteiger partial charge in [-0.2, -0.15) is 0 Å². The lowest BCUT2D eigenvalue weighted by molar-refractivity contribution is 0.180. The summed E-state index contributed by atoms with van der Waals surface area (Å²) >= 11 is 0. The summed E-state index contributed by atoms with van der Waals surface area (Å²) in [7, 11) is 3.28. The molecule has 2 aromatic carbocycles. The summed E-state index contributed by atoms with van der Waals surface area (Å²) < 4.78 is 11.0. The molecule has 1 unspecified atom stereocenters. The van der Waals surface area contributed by atoms with Crippen molar-refractivity contribution in [3.8, 4) is 11.5 Å². The van der Waals surface area contributed by atoms with Crippen LogP contribution < -0.4 is 14.8 Å². The average molecular weight is 354 g/mol. The highest BCUT2D eigenvalue weighted by molar-refractivity contribution is 5.76. The zero-order valence-electron chi connectivity index (χ0n) is 15.6. The largest absolute Gasteiger partial charge is 0.493 e. The molecule has 2 amide bonds. The second kappa shape index (κ2) is 8.13. The first-order valence-corrected chi connectivity index (χ1v) is 9.03. The van der Waals surface area contributed by atoms with Crippen molar-refractivity contribution < 1.29 is 14.3 Å². The molecule has 26 heavy (non-hydrogen) atoms. The molecule has 0 saturated carbocycles. The Kier molecular flexibility index (Phi) is 5.66. The van der Waals surface area contributed by atoms with Gasteiger partial charge in [0.1, 0.15) is 0 Å². The Labute approximate surface area is 154 Å². The van der Waals surface area contributed by atoms with Crippen molar-refractivity contribution in [3.63, 3.8) is 0 Å². The van der Waals surface area contributed by atoms with Gasteiger partial charge in [-0.1, -0.05) is 37.3 Å². The predicted molar refractivity (Wildman–Crippen MR) is 102 cm³/mol. The molecule has 3 rings (SSSR count). The van der Waals surface area contributed by atoms with E-state index in [2.05, 4.69) is 24.4 Å². The summed E-state index contributed by atoms with van der Waals surface area (Å²) in [4.78, 5) is 14.7. The first kappa shape index (κ1) is 18.1. The predicted octanol–water partition coefficient (Wildman–Crippen LogP) is 3.77. The SMILES string of the molecule is CCCNC(=O)N1CCc2cc(OC)c(OC)cc2C1c1ccccc1. The summed E-state index contributed by atoms with van der Waals surface area (Å²) in [5, 5.41) is 3.01. The second-order valence-electron chi connectivity index (χ2n) is 6.39. The second-order valence-corrected chi connectivity index (χ2v) is 6.39. The fourth-order valence-electron chi connectivity index (χ4n) is 3.49. The van der Waals surface area contributed by atoms with E-state index in [0.717, 1.165) is 29.7 Å². The van der Waals surface area contributed by atoms with Gasteiger partial charge in [-0.25, -0.2) is 4.79 Å². The summed E-state index contributed by atoms with van der Waals surface area (Å²) in [6.45, 7) is 3.39. The van der Waals surface area contributed by atoms with E-state index in [1.807, 2.05) is 35.2 Å². The van der Waals surface area contributed by atoms with E-state index < -0.39 is 0 Å². The third-order valence-corrected chi connectivity index (χ3v) is 4.78. The third kappa shape index (κ3) is 3.47. The Balaban J connectivity index is 2.07. The van der Waals surface area contributed by atoms with E-state index in [4.69, 9.17) is 9.47 Å². The van der Waals surface area contributed by atoms with Crippen molar-refractivity contribution in [1.29, 1.82) is 0 Å². The summed E-state index contributed by atoms with van der Waals surface area (Å²) in [6.07, 6.45) is 1.70. The van der Waals surface area contributed by atoms with Gasteiger partial charge in [-0.05, 0) is 41.7 Å². The number of benzene rings is 2. The normalized spacial score (nSPS) is 16.0. The number of ether oxygens (including phenoxy) is 2. The molecule has 0 fully saturated rings. The molecule has 1 heterocycles. The van der Waals surface area contributed by atoms with Gasteiger partial charge in [0.15, 0.2) is 11.5 Å². The molecular formula is C21H26N2O3. The highest BCUT2D eigenvalue weighted by atomic mass is 16.5. The fourth-order valence-corrected chi connectivity index (χ4v) is 3.49. The molecule has 1 N–H and O–H groups in total. The van der Waals surface area contributed by atoms with Crippen molar-refractivity contribution in [2.75, 3.05) is 27.3 Å². The highest BCUT2D eigenvalue weighted by Crippen LogP contribution is 2.40. The molecule has 2 aromatic rings. The lowest BCUT2D eigenvalue weighted by atomic mass is 9.88. The van der Waals surface area contributed by atoms with E-state index in [-0.39, 0.29) is 12.1 Å². The van der Waals surface area contributed by atoms with Crippen LogP contribution in [0.4, 0.5) is 4.79 Å². The van der Waals surface area contributed by atoms with Crippen LogP contribution in [0.2, 0.25) is 0 Å². The van der Waals surface area contributed by atoms with Gasteiger partial charge in [0.05, 0.1) is 20.3 Å². The van der Waals surface area contributed by atoms with Crippen LogP contribution in [-0.2, 0) is 6.42 Å². The minimum absolute atomic E-state index is 0.0267. The van der Waals surface area contributed by atoms with Crippen molar-refractivity contribution in [3.05, 3.63) is 59.2 Å². The molecule has 1 aliphatic heterocycles. The maximum atomic E-state index is 12.8. The number of hydrogen-bond donors (Lipinski definition) is 1. The van der Waals surface area contributed by atoms with E-state index in [1.54, 1.807) is 14.2 Å². The number of rotatable bonds is 5. The van der Waals surface area contributed by atoms with Gasteiger partial charge in [0.2, 0.25) is 0 Å². The van der Waals surface area contributed by atoms with Crippen molar-refractivity contribution in [2.24, 2.45) is 0 Å². The third-order valence-electron chi connectivity index (χ3n) is 4.78. The molecule has 1 aliphatic rings. The number of carbonyl (C=O) groups is 1. The van der Waals surface area contributed by atoms with Crippen LogP contribution in [0, 0.1) is 0 Å². The summed E-state index contributed by atoms with van der Waals surface area (Å²) in [6, 6.07) is 14.0. The molecule has 1 atom stereocenters. The van der Waals surface area contributed by atoms with Gasteiger partial charge >= 0.3 is 6.03 Å². The Bertz CT molecular complexity index is 761. The number of hydrogen-bond acceptors (Lipinski definition) is 3. The molecule has 0 spiro atoms. The maximum Gasteiger partial charge on any atom is 0.318 e. The Hall–Kier alpha value is -2.69. The molecule has 0 aromatic heterocycles. The molecule has 5 nitrogen and oxygen atoms in total. The first-order valence-electron chi connectivity index (χ1n) is 9.03. The number of carbonyl (C=O) groups excluding carboxylic acids is 1. The summed E-state index contributed by atoms with van der Waals surface area (Å²) in [5.74, 6) is 1.41. The lowest BCUT2D eigenvalue weighted by Crippen LogP contribution is -2.46. The molecule has 0 aliphatic carbocycles. The van der Waals surface area contributed by atoms with Crippen LogP contribution in [-0.4, -0.2) is 38.2 Å². The fraction of sp³-hybridized carbons (Fsp3) is 0.381. The molecular weight excluding hydrogens is 328 g/mol. The number of nitrogens with zero attached hydrogens (tertiary/aromatic N) is 1. The van der Waals surface area contributed by atoms with E-state index in [0.29, 0.717) is 18.8 Å². The van der Waals surface area contributed by atoms with E-state index >= 15 is 0 Å². The summed E-state index contributed by atoms with van der Waals surface area (Å²) in [5.41, 5.74) is 3.37. The topological polar surface area (TPSA) is 50.8 Å². The first-order chi connectivity index (χ1) is 12.7. The zero-order chi connectivity index (χ0) is 18.5. The van der Waals surface area contributed by atoms with E-state index in [9.17, 15) is 4.79 Å². The van der Waals surface area contributed by atoms with Gasteiger partial charge in [0, 0.05) is 13.1 Å². The van der Waals surface area contributed by atoms with Crippen molar-refractivity contribution >= 4 is 6.03 Å². The Morgan fingerprint density at radius 1 is 1.15 bits per heavy atom. The Morgan fingerprint density at radius 3 is 2.50 bits per heavy atom. The molecule has 5 heteroatoms. The quantitative estimate of drug-likeness (QED) is 0.889. The monoisotopic (exact) mass is 354 g/mol. The molecule has 0 saturated heterocycles. The lowest BCUT2D eigenvalue weighted by Gasteiger charge is -2.38. The zero-order valence-corrected chi connectivity index (χ0v) is 15.6. The smallest absolute Gasteiger partial charge is 0.318 e. The number of methoxy groups -OCH3 is 2. The van der Waals surface area contributed by atoms with Gasteiger partial charge in [-0.3, -0.25) is 0 Å². The average Bonchev–Trinajstić information content (AvgIpc) is 2.70. The van der Waals surface area contributed by atoms with E-state index in [1.165, 1.54) is 5.56 Å². The minimum Gasteiger partial charge on any atom is -0.493 e. The molecule has 0 bridgehead atoms. The highest BCUT2D eigenvalue weighted by Gasteiger charge is 2.33. The standard InChI is InChI=1S/C21H26N2O3/c1-4-11-22-21(24)23-12-10-16-13-18(25-2)19(26-3)14-17(16)20(23)15-8-6-5-7-9-15/h5-9,13-14,20H,4,10-12H2,1-3H3,(H,22,24). The van der Waals surface area contributed by atoms with Gasteiger partial charge in [-0.15, -0.1) is 0 Å². The van der Waals surface area contributed by atoms with Crippen LogP contribution in [0.5, 0.6) is 11.5 Å². The maximum absolute atomic E-state index is 12.8. The van der Waals surface area contributed by atoms with Crippen LogP contribution >= 0.6 is 0 Å². The van der Waals surface area contributed by atoms with Gasteiger partial charge in [0.25, 0.3) is 0 Å². The van der Waals surface area contributed by atoms with Crippen LogP contribution in [0.3, 0.4) is 0 Å². The van der Waals surface area contributed by atoms with Crippen molar-refractivity contribution in [2.45, 2.75) is 25.8 Å². The number of fused-ring (bicyclic) bond motifs is 1. The van der Waals surface area contributed by atoms with Gasteiger partial charge < -0.3 is 19.7 Å². The number of nitrogens with one attached hydrogen (secondary N) is 1.